The third kappa shape index (κ3) is 3.51. The Kier molecular flexibility index (Phi) is 5.00. The van der Waals surface area contributed by atoms with E-state index in [1.54, 1.807) is 12.3 Å². The molecule has 1 aromatic carbocycles. The molecule has 1 N–H and O–H groups in total. The molecular weight excluding hydrogens is 278 g/mol. The van der Waals surface area contributed by atoms with Crippen molar-refractivity contribution in [3.63, 3.8) is 0 Å². The van der Waals surface area contributed by atoms with Crippen molar-refractivity contribution in [3.05, 3.63) is 46.3 Å². The van der Waals surface area contributed by atoms with E-state index < -0.39 is 0 Å². The molecule has 0 atom stereocenters. The number of thioether (sulfide) groups is 1. The third-order valence-corrected chi connectivity index (χ3v) is 3.54. The standard InChI is InChI=1S/C13H15N3O3S/c1-2-6-14-12-10(4-3-5-11(12)16(17)18)9-20-13-15-7-8-19-13/h3-5,7-8,14H,2,6,9H2,1H3. The van der Waals surface area contributed by atoms with Crippen LogP contribution >= 0.6 is 11.8 Å². The number of aromatic nitrogens is 1. The Bertz CT molecular complexity index is 572. The Morgan fingerprint density at radius 1 is 1.50 bits per heavy atom. The lowest BCUT2D eigenvalue weighted by Crippen LogP contribution is -2.06. The highest BCUT2D eigenvalue weighted by Crippen LogP contribution is 2.32. The molecule has 0 radical (unpaired) electrons. The van der Waals surface area contributed by atoms with Crippen molar-refractivity contribution in [1.82, 2.24) is 4.98 Å². The van der Waals surface area contributed by atoms with Gasteiger partial charge in [-0.15, -0.1) is 0 Å². The first kappa shape index (κ1) is 14.4. The van der Waals surface area contributed by atoms with Gasteiger partial charge in [0.15, 0.2) is 0 Å². The Morgan fingerprint density at radius 2 is 2.35 bits per heavy atom. The Morgan fingerprint density at radius 3 is 3.00 bits per heavy atom. The molecule has 0 amide bonds. The molecule has 1 aromatic heterocycles. The minimum atomic E-state index is -0.364. The number of nitro benzene ring substituents is 1. The molecule has 2 aromatic rings. The molecular formula is C13H15N3O3S. The predicted molar refractivity (Wildman–Crippen MR) is 77.9 cm³/mol. The van der Waals surface area contributed by atoms with Crippen LogP contribution in [0.5, 0.6) is 0 Å². The molecule has 0 unspecified atom stereocenters. The average Bonchev–Trinajstić information content (AvgIpc) is 2.96. The number of hydrogen-bond donors (Lipinski definition) is 1. The van der Waals surface area contributed by atoms with Crippen LogP contribution < -0.4 is 5.32 Å². The fourth-order valence-corrected chi connectivity index (χ4v) is 2.51. The van der Waals surface area contributed by atoms with Gasteiger partial charge in [-0.2, -0.15) is 0 Å². The van der Waals surface area contributed by atoms with Gasteiger partial charge in [-0.05, 0) is 12.0 Å². The smallest absolute Gasteiger partial charge is 0.292 e. The van der Waals surface area contributed by atoms with Crippen molar-refractivity contribution >= 4 is 23.1 Å². The normalized spacial score (nSPS) is 10.4. The van der Waals surface area contributed by atoms with Crippen LogP contribution in [0.3, 0.4) is 0 Å². The second-order valence-corrected chi connectivity index (χ2v) is 5.01. The van der Waals surface area contributed by atoms with Crippen molar-refractivity contribution in [1.29, 1.82) is 0 Å². The topological polar surface area (TPSA) is 81.2 Å². The van der Waals surface area contributed by atoms with Crippen LogP contribution in [-0.4, -0.2) is 16.5 Å². The Hall–Kier alpha value is -2.02. The van der Waals surface area contributed by atoms with Crippen molar-refractivity contribution < 1.29 is 9.34 Å². The summed E-state index contributed by atoms with van der Waals surface area (Å²) in [4.78, 5) is 14.8. The molecule has 0 aliphatic carbocycles. The van der Waals surface area contributed by atoms with Gasteiger partial charge in [0.2, 0.25) is 0 Å². The number of hydrogen-bond acceptors (Lipinski definition) is 6. The summed E-state index contributed by atoms with van der Waals surface area (Å²) >= 11 is 1.41. The number of oxazole rings is 1. The van der Waals surface area contributed by atoms with Crippen LogP contribution in [0.4, 0.5) is 11.4 Å². The van der Waals surface area contributed by atoms with E-state index in [1.807, 2.05) is 13.0 Å². The van der Waals surface area contributed by atoms with E-state index in [0.29, 0.717) is 23.2 Å². The Labute approximate surface area is 120 Å². The molecule has 6 nitrogen and oxygen atoms in total. The first-order valence-corrected chi connectivity index (χ1v) is 7.23. The quantitative estimate of drug-likeness (QED) is 0.476. The van der Waals surface area contributed by atoms with Crippen LogP contribution in [-0.2, 0) is 5.75 Å². The molecule has 1 heterocycles. The number of rotatable bonds is 7. The maximum Gasteiger partial charge on any atom is 0.292 e. The molecule has 0 fully saturated rings. The van der Waals surface area contributed by atoms with E-state index in [4.69, 9.17) is 4.42 Å². The molecule has 0 saturated heterocycles. The van der Waals surface area contributed by atoms with Gasteiger partial charge in [-0.25, -0.2) is 4.98 Å². The number of nitrogens with zero attached hydrogens (tertiary/aromatic N) is 2. The zero-order chi connectivity index (χ0) is 14.4. The summed E-state index contributed by atoms with van der Waals surface area (Å²) in [5.41, 5.74) is 1.55. The summed E-state index contributed by atoms with van der Waals surface area (Å²) in [6.45, 7) is 2.71. The summed E-state index contributed by atoms with van der Waals surface area (Å²) in [5, 5.41) is 14.8. The fourth-order valence-electron chi connectivity index (χ4n) is 1.73. The van der Waals surface area contributed by atoms with Crippen molar-refractivity contribution in [2.24, 2.45) is 0 Å². The molecule has 20 heavy (non-hydrogen) atoms. The molecule has 0 saturated carbocycles. The highest BCUT2D eigenvalue weighted by Gasteiger charge is 2.17. The van der Waals surface area contributed by atoms with Crippen molar-refractivity contribution in [2.75, 3.05) is 11.9 Å². The second kappa shape index (κ2) is 6.95. The van der Waals surface area contributed by atoms with E-state index >= 15 is 0 Å². The lowest BCUT2D eigenvalue weighted by Gasteiger charge is -2.11. The molecule has 0 bridgehead atoms. The van der Waals surface area contributed by atoms with Gasteiger partial charge >= 0.3 is 0 Å². The number of nitro groups is 1. The number of benzene rings is 1. The fraction of sp³-hybridized carbons (Fsp3) is 0.308. The summed E-state index contributed by atoms with van der Waals surface area (Å²) in [5.74, 6) is 0.564. The van der Waals surface area contributed by atoms with Crippen LogP contribution in [0, 0.1) is 10.1 Å². The lowest BCUT2D eigenvalue weighted by atomic mass is 10.1. The number of nitrogens with one attached hydrogen (secondary N) is 1. The van der Waals surface area contributed by atoms with E-state index in [2.05, 4.69) is 10.3 Å². The summed E-state index contributed by atoms with van der Waals surface area (Å²) < 4.78 is 5.15. The highest BCUT2D eigenvalue weighted by atomic mass is 32.2. The van der Waals surface area contributed by atoms with E-state index in [-0.39, 0.29) is 10.6 Å². The zero-order valence-electron chi connectivity index (χ0n) is 11.0. The first-order chi connectivity index (χ1) is 9.72. The van der Waals surface area contributed by atoms with Crippen LogP contribution in [0.15, 0.2) is 40.3 Å². The molecule has 7 heteroatoms. The van der Waals surface area contributed by atoms with Gasteiger partial charge in [0, 0.05) is 18.4 Å². The molecule has 106 valence electrons. The first-order valence-electron chi connectivity index (χ1n) is 6.24. The predicted octanol–water partition coefficient (Wildman–Crippen LogP) is 3.70. The van der Waals surface area contributed by atoms with Crippen molar-refractivity contribution in [2.45, 2.75) is 24.3 Å². The minimum absolute atomic E-state index is 0.101. The van der Waals surface area contributed by atoms with Crippen LogP contribution in [0.1, 0.15) is 18.9 Å². The van der Waals surface area contributed by atoms with Crippen LogP contribution in [0.2, 0.25) is 0 Å². The summed E-state index contributed by atoms with van der Waals surface area (Å²) in [6, 6.07) is 5.08. The molecule has 0 aliphatic rings. The monoisotopic (exact) mass is 293 g/mol. The van der Waals surface area contributed by atoms with Gasteiger partial charge in [-0.1, -0.05) is 30.8 Å². The van der Waals surface area contributed by atoms with Gasteiger partial charge in [0.1, 0.15) is 12.0 Å². The highest BCUT2D eigenvalue weighted by molar-refractivity contribution is 7.98. The van der Waals surface area contributed by atoms with Crippen LogP contribution in [0.25, 0.3) is 0 Å². The summed E-state index contributed by atoms with van der Waals surface area (Å²) in [6.07, 6.45) is 3.98. The van der Waals surface area contributed by atoms with Gasteiger partial charge in [-0.3, -0.25) is 10.1 Å². The van der Waals surface area contributed by atoms with E-state index in [1.165, 1.54) is 24.1 Å². The molecule has 0 aliphatic heterocycles. The summed E-state index contributed by atoms with van der Waals surface area (Å²) in [7, 11) is 0. The van der Waals surface area contributed by atoms with Gasteiger partial charge in [0.05, 0.1) is 11.1 Å². The second-order valence-electron chi connectivity index (χ2n) is 4.08. The minimum Gasteiger partial charge on any atom is -0.440 e. The lowest BCUT2D eigenvalue weighted by molar-refractivity contribution is -0.384. The Balaban J connectivity index is 2.21. The molecule has 0 spiro atoms. The SMILES string of the molecule is CCCNc1c(CSc2ncco2)cccc1[N+](=O)[O-]. The molecule has 2 rings (SSSR count). The van der Waals surface area contributed by atoms with E-state index in [0.717, 1.165) is 12.0 Å². The largest absolute Gasteiger partial charge is 0.440 e. The van der Waals surface area contributed by atoms with Gasteiger partial charge in [0.25, 0.3) is 10.9 Å². The van der Waals surface area contributed by atoms with Crippen molar-refractivity contribution in [3.8, 4) is 0 Å². The average molecular weight is 293 g/mol. The maximum atomic E-state index is 11.1. The third-order valence-electron chi connectivity index (χ3n) is 2.64. The maximum absolute atomic E-state index is 11.1. The number of anilines is 1. The van der Waals surface area contributed by atoms with Gasteiger partial charge < -0.3 is 9.73 Å². The number of para-hydroxylation sites is 1. The van der Waals surface area contributed by atoms with E-state index in [9.17, 15) is 10.1 Å². The zero-order valence-corrected chi connectivity index (χ0v) is 11.9.